The number of halogens is 4. The van der Waals surface area contributed by atoms with E-state index < -0.39 is 35.3 Å². The van der Waals surface area contributed by atoms with E-state index in [-0.39, 0.29) is 5.69 Å². The Bertz CT molecular complexity index is 1060. The highest BCUT2D eigenvalue weighted by atomic mass is 19.4. The smallest absolute Gasteiger partial charge is 0.323 e. The van der Waals surface area contributed by atoms with Crippen LogP contribution in [0.5, 0.6) is 0 Å². The molecular weight excluding hydrogens is 388 g/mol. The first-order chi connectivity index (χ1) is 13.8. The van der Waals surface area contributed by atoms with Crippen LogP contribution in [0.15, 0.2) is 48.5 Å². The number of hydrogen-bond donors (Lipinski definition) is 1. The van der Waals surface area contributed by atoms with Gasteiger partial charge in [-0.2, -0.15) is 13.2 Å². The number of aryl methyl sites for hydroxylation is 1. The maximum Gasteiger partial charge on any atom is 0.416 e. The van der Waals surface area contributed by atoms with E-state index in [2.05, 4.69) is 15.5 Å². The van der Waals surface area contributed by atoms with E-state index in [1.165, 1.54) is 30.3 Å². The monoisotopic (exact) mass is 404 g/mol. The molecule has 150 valence electrons. The summed E-state index contributed by atoms with van der Waals surface area (Å²) in [6.45, 7) is 2.08. The minimum atomic E-state index is -4.44. The number of aromatic nitrogens is 3. The molecule has 2 heterocycles. The SMILES string of the molecule is Cc1nnc2n1CC(c1ccc(C(F)(F)F)cc1)C2C(=O)Nc1ccccc1F. The molecule has 1 aliphatic heterocycles. The van der Waals surface area contributed by atoms with Crippen molar-refractivity contribution >= 4 is 11.6 Å². The van der Waals surface area contributed by atoms with Gasteiger partial charge in [-0.25, -0.2) is 4.39 Å². The summed E-state index contributed by atoms with van der Waals surface area (Å²) >= 11 is 0. The molecule has 3 aromatic rings. The topological polar surface area (TPSA) is 59.8 Å². The summed E-state index contributed by atoms with van der Waals surface area (Å²) < 4.78 is 54.4. The second-order valence-electron chi connectivity index (χ2n) is 6.89. The van der Waals surface area contributed by atoms with Crippen molar-refractivity contribution in [3.63, 3.8) is 0 Å². The zero-order valence-corrected chi connectivity index (χ0v) is 15.2. The number of carbonyl (C=O) groups is 1. The van der Waals surface area contributed by atoms with Crippen molar-refractivity contribution in [2.45, 2.75) is 31.5 Å². The number of nitrogens with zero attached hydrogens (tertiary/aromatic N) is 3. The quantitative estimate of drug-likeness (QED) is 0.664. The standard InChI is InChI=1S/C20H16F4N4O/c1-11-26-27-18-17(19(29)25-16-5-3-2-4-15(16)21)14(10-28(11)18)12-6-8-13(9-7-12)20(22,23)24/h2-9,14,17H,10H2,1H3,(H,25,29). The summed E-state index contributed by atoms with van der Waals surface area (Å²) in [6.07, 6.45) is -4.44. The number of para-hydroxylation sites is 1. The van der Waals surface area contributed by atoms with Crippen LogP contribution in [0.25, 0.3) is 0 Å². The maximum atomic E-state index is 14.0. The number of hydrogen-bond acceptors (Lipinski definition) is 3. The molecule has 2 atom stereocenters. The molecule has 9 heteroatoms. The van der Waals surface area contributed by atoms with Crippen LogP contribution < -0.4 is 5.32 Å². The molecule has 1 amide bonds. The predicted molar refractivity (Wildman–Crippen MR) is 96.7 cm³/mol. The molecule has 4 rings (SSSR count). The van der Waals surface area contributed by atoms with E-state index in [0.717, 1.165) is 12.1 Å². The van der Waals surface area contributed by atoms with Crippen LogP contribution in [0.4, 0.5) is 23.2 Å². The third-order valence-electron chi connectivity index (χ3n) is 5.10. The number of anilines is 1. The number of fused-ring (bicyclic) bond motifs is 1. The Labute approximate surface area is 163 Å². The second kappa shape index (κ2) is 6.98. The van der Waals surface area contributed by atoms with Gasteiger partial charge in [0.25, 0.3) is 0 Å². The number of alkyl halides is 3. The Kier molecular flexibility index (Phi) is 4.60. The van der Waals surface area contributed by atoms with Gasteiger partial charge in [0.2, 0.25) is 5.91 Å². The number of amides is 1. The number of benzene rings is 2. The first-order valence-corrected chi connectivity index (χ1v) is 8.88. The Balaban J connectivity index is 1.68. The van der Waals surface area contributed by atoms with Gasteiger partial charge < -0.3 is 9.88 Å². The van der Waals surface area contributed by atoms with E-state index in [0.29, 0.717) is 23.8 Å². The summed E-state index contributed by atoms with van der Waals surface area (Å²) in [5.74, 6) is -1.34. The molecule has 0 fully saturated rings. The van der Waals surface area contributed by atoms with Crippen molar-refractivity contribution in [2.24, 2.45) is 0 Å². The second-order valence-corrected chi connectivity index (χ2v) is 6.89. The molecule has 0 bridgehead atoms. The van der Waals surface area contributed by atoms with Crippen LogP contribution in [0.1, 0.15) is 34.6 Å². The van der Waals surface area contributed by atoms with Crippen molar-refractivity contribution < 1.29 is 22.4 Å². The van der Waals surface area contributed by atoms with Crippen LogP contribution in [-0.4, -0.2) is 20.7 Å². The fraction of sp³-hybridized carbons (Fsp3) is 0.250. The normalized spacial score (nSPS) is 18.5. The Morgan fingerprint density at radius 2 is 1.79 bits per heavy atom. The van der Waals surface area contributed by atoms with Crippen LogP contribution in [0.3, 0.4) is 0 Å². The third kappa shape index (κ3) is 3.48. The van der Waals surface area contributed by atoms with E-state index in [1.54, 1.807) is 17.6 Å². The lowest BCUT2D eigenvalue weighted by atomic mass is 9.87. The number of nitrogens with one attached hydrogen (secondary N) is 1. The van der Waals surface area contributed by atoms with Gasteiger partial charge in [-0.3, -0.25) is 4.79 Å². The lowest BCUT2D eigenvalue weighted by Crippen LogP contribution is -2.25. The van der Waals surface area contributed by atoms with Crippen molar-refractivity contribution in [3.8, 4) is 0 Å². The summed E-state index contributed by atoms with van der Waals surface area (Å²) in [5.41, 5.74) is -0.169. The maximum absolute atomic E-state index is 14.0. The molecule has 0 spiro atoms. The molecule has 0 saturated heterocycles. The molecule has 1 aliphatic rings. The first-order valence-electron chi connectivity index (χ1n) is 8.88. The Morgan fingerprint density at radius 1 is 1.10 bits per heavy atom. The molecule has 0 aliphatic carbocycles. The van der Waals surface area contributed by atoms with Gasteiger partial charge in [0.1, 0.15) is 23.4 Å². The fourth-order valence-corrected chi connectivity index (χ4v) is 3.63. The van der Waals surface area contributed by atoms with Gasteiger partial charge in [-0.15, -0.1) is 10.2 Å². The van der Waals surface area contributed by atoms with E-state index in [9.17, 15) is 22.4 Å². The summed E-state index contributed by atoms with van der Waals surface area (Å²) in [7, 11) is 0. The van der Waals surface area contributed by atoms with Gasteiger partial charge in [0, 0.05) is 12.5 Å². The van der Waals surface area contributed by atoms with E-state index in [4.69, 9.17) is 0 Å². The first kappa shape index (κ1) is 19.1. The highest BCUT2D eigenvalue weighted by molar-refractivity contribution is 5.96. The van der Waals surface area contributed by atoms with Crippen molar-refractivity contribution in [2.75, 3.05) is 5.32 Å². The highest BCUT2D eigenvalue weighted by Crippen LogP contribution is 2.41. The Hall–Kier alpha value is -3.23. The van der Waals surface area contributed by atoms with Gasteiger partial charge in [-0.1, -0.05) is 24.3 Å². The summed E-state index contributed by atoms with van der Waals surface area (Å²) in [5, 5.41) is 10.6. The minimum Gasteiger partial charge on any atom is -0.323 e. The van der Waals surface area contributed by atoms with Gasteiger partial charge in [0.05, 0.1) is 11.3 Å². The predicted octanol–water partition coefficient (Wildman–Crippen LogP) is 4.26. The molecule has 29 heavy (non-hydrogen) atoms. The molecule has 5 nitrogen and oxygen atoms in total. The van der Waals surface area contributed by atoms with Crippen LogP contribution in [-0.2, 0) is 17.5 Å². The molecule has 1 aromatic heterocycles. The summed E-state index contributed by atoms with van der Waals surface area (Å²) in [4.78, 5) is 13.0. The highest BCUT2D eigenvalue weighted by Gasteiger charge is 2.42. The third-order valence-corrected chi connectivity index (χ3v) is 5.10. The van der Waals surface area contributed by atoms with Crippen molar-refractivity contribution in [1.82, 2.24) is 14.8 Å². The zero-order valence-electron chi connectivity index (χ0n) is 15.2. The molecule has 2 aromatic carbocycles. The fourth-order valence-electron chi connectivity index (χ4n) is 3.63. The Morgan fingerprint density at radius 3 is 2.45 bits per heavy atom. The average Bonchev–Trinajstić information content (AvgIpc) is 3.23. The number of carbonyl (C=O) groups excluding carboxylic acids is 1. The summed E-state index contributed by atoms with van der Waals surface area (Å²) in [6, 6.07) is 10.5. The molecule has 0 saturated carbocycles. The van der Waals surface area contributed by atoms with Crippen molar-refractivity contribution in [3.05, 3.63) is 77.1 Å². The minimum absolute atomic E-state index is 0.0263. The van der Waals surface area contributed by atoms with Gasteiger partial charge in [0.15, 0.2) is 0 Å². The van der Waals surface area contributed by atoms with Crippen LogP contribution >= 0.6 is 0 Å². The lowest BCUT2D eigenvalue weighted by molar-refractivity contribution is -0.137. The lowest BCUT2D eigenvalue weighted by Gasteiger charge is -2.19. The molecular formula is C20H16F4N4O. The van der Waals surface area contributed by atoms with Crippen molar-refractivity contribution in [1.29, 1.82) is 0 Å². The van der Waals surface area contributed by atoms with Crippen LogP contribution in [0.2, 0.25) is 0 Å². The largest absolute Gasteiger partial charge is 0.416 e. The molecule has 1 N–H and O–H groups in total. The number of rotatable bonds is 3. The van der Waals surface area contributed by atoms with Crippen LogP contribution in [0, 0.1) is 12.7 Å². The zero-order chi connectivity index (χ0) is 20.8. The molecule has 0 radical (unpaired) electrons. The average molecular weight is 404 g/mol. The van der Waals surface area contributed by atoms with E-state index >= 15 is 0 Å². The van der Waals surface area contributed by atoms with E-state index in [1.807, 2.05) is 0 Å². The van der Waals surface area contributed by atoms with Gasteiger partial charge in [-0.05, 0) is 36.8 Å². The van der Waals surface area contributed by atoms with Gasteiger partial charge >= 0.3 is 6.18 Å². The molecule has 2 unspecified atom stereocenters.